The van der Waals surface area contributed by atoms with Crippen molar-refractivity contribution < 1.29 is 22.0 Å². The lowest BCUT2D eigenvalue weighted by Crippen LogP contribution is -2.37. The standard InChI is InChI=1S/C25H27F2N3O3S/c1-17(19-5-3-2-4-6-19)29-24(31)30-21-9-11-22(12-10-21)34(32,33)15-18-7-8-20-14-28-16-25(26,27)23(20)13-18/h2-11,13,17,22,28H,12,14-16H2,1H3,(H2,29,30,31). The highest BCUT2D eigenvalue weighted by molar-refractivity contribution is 7.91. The Balaban J connectivity index is 1.35. The average Bonchev–Trinajstić information content (AvgIpc) is 2.80. The molecule has 2 aromatic carbocycles. The first-order valence-corrected chi connectivity index (χ1v) is 12.8. The minimum atomic E-state index is -3.63. The molecule has 1 heterocycles. The molecule has 2 atom stereocenters. The maximum absolute atomic E-state index is 14.2. The molecular weight excluding hydrogens is 460 g/mol. The summed E-state index contributed by atoms with van der Waals surface area (Å²) in [5, 5.41) is 7.44. The molecule has 2 aliphatic rings. The topological polar surface area (TPSA) is 87.3 Å². The minimum absolute atomic E-state index is 0.111. The van der Waals surface area contributed by atoms with Crippen LogP contribution in [0.1, 0.15) is 41.6 Å². The molecule has 34 heavy (non-hydrogen) atoms. The summed E-state index contributed by atoms with van der Waals surface area (Å²) < 4.78 is 54.3. The third-order valence-electron chi connectivity index (χ3n) is 6.03. The number of carbonyl (C=O) groups excluding carboxylic acids is 1. The van der Waals surface area contributed by atoms with E-state index in [2.05, 4.69) is 16.0 Å². The van der Waals surface area contributed by atoms with E-state index >= 15 is 0 Å². The SMILES string of the molecule is CC(NC(=O)NC1=CCC(S(=O)(=O)Cc2ccc3c(c2)C(F)(F)CNC3)C=C1)c1ccccc1. The number of rotatable bonds is 6. The van der Waals surface area contributed by atoms with Crippen LogP contribution in [0.3, 0.4) is 0 Å². The van der Waals surface area contributed by atoms with E-state index in [9.17, 15) is 22.0 Å². The summed E-state index contributed by atoms with van der Waals surface area (Å²) in [5.41, 5.74) is 2.18. The smallest absolute Gasteiger partial charge is 0.319 e. The molecule has 2 unspecified atom stereocenters. The first kappa shape index (κ1) is 24.1. The zero-order chi connectivity index (χ0) is 24.3. The largest absolute Gasteiger partial charge is 0.331 e. The number of hydrogen-bond acceptors (Lipinski definition) is 4. The van der Waals surface area contributed by atoms with Gasteiger partial charge in [-0.2, -0.15) is 8.78 Å². The van der Waals surface area contributed by atoms with E-state index < -0.39 is 33.6 Å². The van der Waals surface area contributed by atoms with Crippen molar-refractivity contribution in [3.63, 3.8) is 0 Å². The molecule has 4 rings (SSSR count). The molecule has 6 nitrogen and oxygen atoms in total. The quantitative estimate of drug-likeness (QED) is 0.573. The Hall–Kier alpha value is -3.04. The Kier molecular flexibility index (Phi) is 6.86. The molecule has 9 heteroatoms. The van der Waals surface area contributed by atoms with Crippen LogP contribution in [0.5, 0.6) is 0 Å². The molecular formula is C25H27F2N3O3S. The molecule has 0 aromatic heterocycles. The number of nitrogens with one attached hydrogen (secondary N) is 3. The fourth-order valence-electron chi connectivity index (χ4n) is 4.15. The van der Waals surface area contributed by atoms with Gasteiger partial charge in [0.05, 0.1) is 23.6 Å². The maximum Gasteiger partial charge on any atom is 0.319 e. The maximum atomic E-state index is 14.2. The van der Waals surface area contributed by atoms with E-state index in [4.69, 9.17) is 0 Å². The Bertz CT molecular complexity index is 1230. The first-order valence-electron chi connectivity index (χ1n) is 11.1. The van der Waals surface area contributed by atoms with Crippen molar-refractivity contribution in [2.45, 2.75) is 42.9 Å². The monoisotopic (exact) mass is 487 g/mol. The van der Waals surface area contributed by atoms with Gasteiger partial charge in [0.1, 0.15) is 0 Å². The van der Waals surface area contributed by atoms with Gasteiger partial charge in [0.25, 0.3) is 5.92 Å². The van der Waals surface area contributed by atoms with E-state index in [0.717, 1.165) is 5.56 Å². The number of fused-ring (bicyclic) bond motifs is 1. The highest BCUT2D eigenvalue weighted by Crippen LogP contribution is 2.34. The summed E-state index contributed by atoms with van der Waals surface area (Å²) in [4.78, 5) is 12.3. The Morgan fingerprint density at radius 1 is 1.21 bits per heavy atom. The summed E-state index contributed by atoms with van der Waals surface area (Å²) in [6, 6.07) is 13.4. The molecule has 2 amide bonds. The Morgan fingerprint density at radius 3 is 2.68 bits per heavy atom. The van der Waals surface area contributed by atoms with Crippen molar-refractivity contribution >= 4 is 15.9 Å². The van der Waals surface area contributed by atoms with E-state index in [-0.39, 0.29) is 23.8 Å². The molecule has 0 spiro atoms. The summed E-state index contributed by atoms with van der Waals surface area (Å²) in [5.74, 6) is -3.36. The second kappa shape index (κ2) is 9.68. The lowest BCUT2D eigenvalue weighted by atomic mass is 9.96. The number of urea groups is 1. The van der Waals surface area contributed by atoms with Crippen molar-refractivity contribution in [1.82, 2.24) is 16.0 Å². The lowest BCUT2D eigenvalue weighted by Gasteiger charge is -2.26. The number of hydrogen-bond donors (Lipinski definition) is 3. The summed E-state index contributed by atoms with van der Waals surface area (Å²) in [7, 11) is -3.63. The van der Waals surface area contributed by atoms with Gasteiger partial charge in [-0.3, -0.25) is 0 Å². The summed E-state index contributed by atoms with van der Waals surface area (Å²) >= 11 is 0. The van der Waals surface area contributed by atoms with Gasteiger partial charge < -0.3 is 16.0 Å². The number of amides is 2. The second-order valence-corrected chi connectivity index (χ2v) is 10.9. The summed E-state index contributed by atoms with van der Waals surface area (Å²) in [6.07, 6.45) is 4.93. The van der Waals surface area contributed by atoms with Crippen LogP contribution in [-0.4, -0.2) is 26.2 Å². The van der Waals surface area contributed by atoms with Gasteiger partial charge in [0.15, 0.2) is 9.84 Å². The molecule has 0 saturated heterocycles. The number of benzene rings is 2. The van der Waals surface area contributed by atoms with Crippen LogP contribution in [0.4, 0.5) is 13.6 Å². The summed E-state index contributed by atoms with van der Waals surface area (Å²) in [6.45, 7) is 1.75. The number of alkyl halides is 2. The zero-order valence-electron chi connectivity index (χ0n) is 18.7. The van der Waals surface area contributed by atoms with Crippen LogP contribution in [0, 0.1) is 0 Å². The van der Waals surface area contributed by atoms with Gasteiger partial charge in [0, 0.05) is 17.8 Å². The number of allylic oxidation sites excluding steroid dienone is 2. The van der Waals surface area contributed by atoms with Gasteiger partial charge in [0.2, 0.25) is 0 Å². The normalized spacial score (nSPS) is 20.1. The van der Waals surface area contributed by atoms with Gasteiger partial charge in [-0.05, 0) is 42.2 Å². The van der Waals surface area contributed by atoms with Crippen LogP contribution in [0.2, 0.25) is 0 Å². The minimum Gasteiger partial charge on any atom is -0.331 e. The molecule has 0 radical (unpaired) electrons. The van der Waals surface area contributed by atoms with Crippen molar-refractivity contribution in [3.8, 4) is 0 Å². The van der Waals surface area contributed by atoms with Crippen molar-refractivity contribution in [2.75, 3.05) is 6.54 Å². The highest BCUT2D eigenvalue weighted by atomic mass is 32.2. The molecule has 0 fully saturated rings. The third-order valence-corrected chi connectivity index (χ3v) is 8.03. The predicted octanol–water partition coefficient (Wildman–Crippen LogP) is 4.07. The van der Waals surface area contributed by atoms with E-state index in [1.165, 1.54) is 12.1 Å². The third kappa shape index (κ3) is 5.53. The van der Waals surface area contributed by atoms with Crippen LogP contribution in [-0.2, 0) is 28.1 Å². The van der Waals surface area contributed by atoms with Crippen LogP contribution < -0.4 is 16.0 Å². The zero-order valence-corrected chi connectivity index (χ0v) is 19.5. The number of sulfone groups is 1. The van der Waals surface area contributed by atoms with E-state index in [0.29, 0.717) is 23.4 Å². The van der Waals surface area contributed by atoms with Gasteiger partial charge in [-0.1, -0.05) is 54.6 Å². The van der Waals surface area contributed by atoms with E-state index in [1.54, 1.807) is 24.3 Å². The fraction of sp³-hybridized carbons (Fsp3) is 0.320. The molecule has 0 bridgehead atoms. The van der Waals surface area contributed by atoms with Gasteiger partial charge in [-0.15, -0.1) is 0 Å². The van der Waals surface area contributed by atoms with Crippen molar-refractivity contribution in [2.24, 2.45) is 0 Å². The van der Waals surface area contributed by atoms with Crippen LogP contribution in [0.15, 0.2) is 72.5 Å². The van der Waals surface area contributed by atoms with Crippen LogP contribution >= 0.6 is 0 Å². The molecule has 3 N–H and O–H groups in total. The number of halogens is 2. The number of carbonyl (C=O) groups is 1. The Labute approximate surface area is 198 Å². The predicted molar refractivity (Wildman–Crippen MR) is 127 cm³/mol. The van der Waals surface area contributed by atoms with Crippen LogP contribution in [0.25, 0.3) is 0 Å². The lowest BCUT2D eigenvalue weighted by molar-refractivity contribution is -0.0108. The molecule has 0 saturated carbocycles. The first-order chi connectivity index (χ1) is 16.1. The molecule has 180 valence electrons. The molecule has 1 aliphatic carbocycles. The van der Waals surface area contributed by atoms with Crippen molar-refractivity contribution in [3.05, 3.63) is 94.7 Å². The Morgan fingerprint density at radius 2 is 1.97 bits per heavy atom. The second-order valence-electron chi connectivity index (χ2n) is 8.63. The average molecular weight is 488 g/mol. The molecule has 2 aromatic rings. The van der Waals surface area contributed by atoms with E-state index in [1.807, 2.05) is 37.3 Å². The van der Waals surface area contributed by atoms with Gasteiger partial charge >= 0.3 is 6.03 Å². The van der Waals surface area contributed by atoms with Gasteiger partial charge in [-0.25, -0.2) is 13.2 Å². The highest BCUT2D eigenvalue weighted by Gasteiger charge is 2.37. The molecule has 1 aliphatic heterocycles. The fourth-order valence-corrected chi connectivity index (χ4v) is 5.71. The van der Waals surface area contributed by atoms with Crippen molar-refractivity contribution in [1.29, 1.82) is 0 Å².